The lowest BCUT2D eigenvalue weighted by Gasteiger charge is -2.33. The van der Waals surface area contributed by atoms with E-state index in [-0.39, 0.29) is 12.0 Å². The topological polar surface area (TPSA) is 36.9 Å². The van der Waals surface area contributed by atoms with Gasteiger partial charge in [0.2, 0.25) is 0 Å². The predicted molar refractivity (Wildman–Crippen MR) is 85.6 cm³/mol. The molecule has 0 spiro atoms. The molecule has 1 unspecified atom stereocenters. The fraction of sp³-hybridized carbons (Fsp3) is 0.471. The van der Waals surface area contributed by atoms with Crippen LogP contribution in [0.1, 0.15) is 12.8 Å². The van der Waals surface area contributed by atoms with Crippen molar-refractivity contribution in [3.8, 4) is 5.75 Å². The highest BCUT2D eigenvalue weighted by atomic mass is 19.1. The molecule has 0 saturated carbocycles. The maximum atomic E-state index is 13.5. The van der Waals surface area contributed by atoms with Crippen molar-refractivity contribution in [2.24, 2.45) is 10.9 Å². The van der Waals surface area contributed by atoms with Crippen LogP contribution >= 0.6 is 0 Å². The molecule has 0 aliphatic carbocycles. The Morgan fingerprint density at radius 1 is 1.27 bits per heavy atom. The Morgan fingerprint density at radius 3 is 2.82 bits per heavy atom. The number of allylic oxidation sites excluding steroid dienone is 1. The molecule has 1 fully saturated rings. The van der Waals surface area contributed by atoms with Gasteiger partial charge in [-0.2, -0.15) is 0 Å². The van der Waals surface area contributed by atoms with Crippen molar-refractivity contribution in [1.29, 1.82) is 0 Å². The summed E-state index contributed by atoms with van der Waals surface area (Å²) in [5, 5.41) is 3.24. The third-order valence-corrected chi connectivity index (χ3v) is 4.19. The first-order valence-corrected chi connectivity index (χ1v) is 7.85. The number of halogens is 1. The Kier molecular flexibility index (Phi) is 5.06. The van der Waals surface area contributed by atoms with Gasteiger partial charge in [0.05, 0.1) is 6.61 Å². The maximum Gasteiger partial charge on any atom is 0.165 e. The molecule has 5 heteroatoms. The zero-order chi connectivity index (χ0) is 15.2. The lowest BCUT2D eigenvalue weighted by molar-refractivity contribution is 0.133. The second kappa shape index (κ2) is 7.40. The summed E-state index contributed by atoms with van der Waals surface area (Å²) in [6.07, 6.45) is 8.02. The minimum absolute atomic E-state index is 0.163. The van der Waals surface area contributed by atoms with E-state index in [4.69, 9.17) is 4.74 Å². The van der Waals surface area contributed by atoms with Gasteiger partial charge in [0, 0.05) is 12.8 Å². The zero-order valence-electron chi connectivity index (χ0n) is 12.6. The van der Waals surface area contributed by atoms with Crippen LogP contribution in [0.3, 0.4) is 0 Å². The highest BCUT2D eigenvalue weighted by molar-refractivity contribution is 5.71. The van der Waals surface area contributed by atoms with Crippen LogP contribution in [0.4, 0.5) is 4.39 Å². The number of piperidine rings is 1. The standard InChI is InChI=1S/C17H22FN3O/c18-15-4-1-2-5-16(15)22-13-14-6-10-21(11-7-14)12-17-19-8-3-9-20-17/h1-5,8-9,14,17,19H,6-7,10-13H2. The molecule has 1 aromatic rings. The van der Waals surface area contributed by atoms with Crippen LogP contribution in [0.15, 0.2) is 41.5 Å². The zero-order valence-corrected chi connectivity index (χ0v) is 12.6. The Labute approximate surface area is 130 Å². The largest absolute Gasteiger partial charge is 0.490 e. The molecule has 2 aliphatic heterocycles. The van der Waals surface area contributed by atoms with E-state index in [9.17, 15) is 4.39 Å². The average molecular weight is 303 g/mol. The SMILES string of the molecule is Fc1ccccc1OCC1CCN(CC2N=CC=CN2)CC1. The summed E-state index contributed by atoms with van der Waals surface area (Å²) in [4.78, 5) is 6.82. The number of benzene rings is 1. The van der Waals surface area contributed by atoms with Gasteiger partial charge >= 0.3 is 0 Å². The number of para-hydroxylation sites is 1. The number of hydrogen-bond acceptors (Lipinski definition) is 4. The van der Waals surface area contributed by atoms with Crippen LogP contribution < -0.4 is 10.1 Å². The molecule has 1 atom stereocenters. The van der Waals surface area contributed by atoms with Crippen LogP contribution in [-0.2, 0) is 0 Å². The van der Waals surface area contributed by atoms with Gasteiger partial charge in [0.1, 0.15) is 6.17 Å². The van der Waals surface area contributed by atoms with Gasteiger partial charge < -0.3 is 10.1 Å². The number of nitrogens with one attached hydrogen (secondary N) is 1. The van der Waals surface area contributed by atoms with E-state index in [2.05, 4.69) is 15.2 Å². The maximum absolute atomic E-state index is 13.5. The molecule has 2 aliphatic rings. The van der Waals surface area contributed by atoms with E-state index in [0.29, 0.717) is 18.3 Å². The van der Waals surface area contributed by atoms with Crippen molar-refractivity contribution >= 4 is 6.21 Å². The Balaban J connectivity index is 1.39. The van der Waals surface area contributed by atoms with Crippen LogP contribution in [0.2, 0.25) is 0 Å². The molecule has 2 heterocycles. The molecule has 22 heavy (non-hydrogen) atoms. The van der Waals surface area contributed by atoms with Crippen molar-refractivity contribution in [3.05, 3.63) is 42.4 Å². The van der Waals surface area contributed by atoms with Crippen LogP contribution in [0, 0.1) is 11.7 Å². The molecule has 1 saturated heterocycles. The number of hydrogen-bond donors (Lipinski definition) is 1. The molecule has 4 nitrogen and oxygen atoms in total. The van der Waals surface area contributed by atoms with E-state index in [1.807, 2.05) is 18.5 Å². The summed E-state index contributed by atoms with van der Waals surface area (Å²) < 4.78 is 19.1. The van der Waals surface area contributed by atoms with Crippen molar-refractivity contribution in [3.63, 3.8) is 0 Å². The fourth-order valence-electron chi connectivity index (χ4n) is 2.86. The summed E-state index contributed by atoms with van der Waals surface area (Å²) in [5.41, 5.74) is 0. The van der Waals surface area contributed by atoms with Crippen LogP contribution in [0.5, 0.6) is 5.75 Å². The van der Waals surface area contributed by atoms with E-state index < -0.39 is 0 Å². The van der Waals surface area contributed by atoms with Gasteiger partial charge in [0.15, 0.2) is 11.6 Å². The monoisotopic (exact) mass is 303 g/mol. The van der Waals surface area contributed by atoms with E-state index >= 15 is 0 Å². The number of rotatable bonds is 5. The lowest BCUT2D eigenvalue weighted by atomic mass is 9.97. The molecular weight excluding hydrogens is 281 g/mol. The highest BCUT2D eigenvalue weighted by Gasteiger charge is 2.22. The van der Waals surface area contributed by atoms with E-state index in [0.717, 1.165) is 32.5 Å². The van der Waals surface area contributed by atoms with Gasteiger partial charge in [-0.15, -0.1) is 0 Å². The molecule has 1 N–H and O–H groups in total. The second-order valence-corrected chi connectivity index (χ2v) is 5.83. The fourth-order valence-corrected chi connectivity index (χ4v) is 2.86. The quantitative estimate of drug-likeness (QED) is 0.908. The first kappa shape index (κ1) is 15.0. The van der Waals surface area contributed by atoms with Crippen LogP contribution in [0.25, 0.3) is 0 Å². The second-order valence-electron chi connectivity index (χ2n) is 5.83. The van der Waals surface area contributed by atoms with Gasteiger partial charge in [-0.05, 0) is 56.3 Å². The minimum Gasteiger partial charge on any atom is -0.490 e. The Bertz CT molecular complexity index is 538. The number of likely N-dealkylation sites (tertiary alicyclic amines) is 1. The minimum atomic E-state index is -0.283. The van der Waals surface area contributed by atoms with Crippen molar-refractivity contribution in [1.82, 2.24) is 10.2 Å². The summed E-state index contributed by atoms with van der Waals surface area (Å²) in [6, 6.07) is 6.60. The predicted octanol–water partition coefficient (Wildman–Crippen LogP) is 2.43. The third-order valence-electron chi connectivity index (χ3n) is 4.19. The number of aliphatic imine (C=N–C) groups is 1. The molecule has 0 bridgehead atoms. The Morgan fingerprint density at radius 2 is 2.09 bits per heavy atom. The molecule has 1 aromatic carbocycles. The van der Waals surface area contributed by atoms with Gasteiger partial charge in [0.25, 0.3) is 0 Å². The van der Waals surface area contributed by atoms with Crippen molar-refractivity contribution < 1.29 is 9.13 Å². The Hall–Kier alpha value is -1.88. The third kappa shape index (κ3) is 4.07. The normalized spacial score (nSPS) is 22.5. The summed E-state index contributed by atoms with van der Waals surface area (Å²) in [5.74, 6) is 0.574. The summed E-state index contributed by atoms with van der Waals surface area (Å²) in [6.45, 7) is 3.62. The number of ether oxygens (including phenoxy) is 1. The highest BCUT2D eigenvalue weighted by Crippen LogP contribution is 2.21. The first-order valence-electron chi connectivity index (χ1n) is 7.85. The summed E-state index contributed by atoms with van der Waals surface area (Å²) >= 11 is 0. The van der Waals surface area contributed by atoms with Gasteiger partial charge in [-0.25, -0.2) is 4.39 Å². The molecule has 118 valence electrons. The molecule has 0 radical (unpaired) electrons. The molecule has 0 aromatic heterocycles. The van der Waals surface area contributed by atoms with Crippen molar-refractivity contribution in [2.45, 2.75) is 19.0 Å². The summed E-state index contributed by atoms with van der Waals surface area (Å²) in [7, 11) is 0. The first-order chi connectivity index (χ1) is 10.8. The van der Waals surface area contributed by atoms with E-state index in [1.165, 1.54) is 6.07 Å². The van der Waals surface area contributed by atoms with Gasteiger partial charge in [-0.3, -0.25) is 9.89 Å². The van der Waals surface area contributed by atoms with Crippen LogP contribution in [-0.4, -0.2) is 43.5 Å². The number of nitrogens with zero attached hydrogens (tertiary/aromatic N) is 2. The van der Waals surface area contributed by atoms with Gasteiger partial charge in [-0.1, -0.05) is 12.1 Å². The average Bonchev–Trinajstić information content (AvgIpc) is 2.56. The van der Waals surface area contributed by atoms with E-state index in [1.54, 1.807) is 18.2 Å². The smallest absolute Gasteiger partial charge is 0.165 e. The lowest BCUT2D eigenvalue weighted by Crippen LogP contribution is -2.43. The molecular formula is C17H22FN3O. The van der Waals surface area contributed by atoms with Crippen molar-refractivity contribution in [2.75, 3.05) is 26.2 Å². The molecule has 0 amide bonds. The molecule has 3 rings (SSSR count).